The van der Waals surface area contributed by atoms with Gasteiger partial charge in [0, 0.05) is 30.3 Å². The van der Waals surface area contributed by atoms with E-state index in [2.05, 4.69) is 50.1 Å². The van der Waals surface area contributed by atoms with Crippen LogP contribution < -0.4 is 10.6 Å². The van der Waals surface area contributed by atoms with Crippen molar-refractivity contribution in [1.82, 2.24) is 10.6 Å². The highest BCUT2D eigenvalue weighted by molar-refractivity contribution is 6.03. The first kappa shape index (κ1) is 27.4. The molecule has 0 spiro atoms. The van der Waals surface area contributed by atoms with E-state index in [9.17, 15) is 14.4 Å². The van der Waals surface area contributed by atoms with Gasteiger partial charge >= 0.3 is 6.03 Å². The SMILES string of the molecule is [C-]#[N+]C1=C[C@]2(C)[C@H]3CC(=O)[C]4[C]5CC(C)(C)CC[C@]5(NC(=O)NC)CC[C@@]4(C)[C@]3(C)CC[C@H]2C(C)(C)C1=O. The molecule has 0 aromatic rings. The zero-order chi connectivity index (χ0) is 28.1. The Morgan fingerprint density at radius 2 is 1.63 bits per heavy atom. The van der Waals surface area contributed by atoms with Crippen molar-refractivity contribution in [3.8, 4) is 0 Å². The molecule has 5 aliphatic rings. The molecule has 0 saturated heterocycles. The lowest BCUT2D eigenvalue weighted by Crippen LogP contribution is -2.71. The summed E-state index contributed by atoms with van der Waals surface area (Å²) in [4.78, 5) is 44.0. The van der Waals surface area contributed by atoms with E-state index >= 15 is 0 Å². The Morgan fingerprint density at radius 3 is 2.26 bits per heavy atom. The van der Waals surface area contributed by atoms with Crippen molar-refractivity contribution in [2.24, 2.45) is 38.9 Å². The van der Waals surface area contributed by atoms with Crippen molar-refractivity contribution in [3.63, 3.8) is 0 Å². The predicted molar refractivity (Wildman–Crippen MR) is 147 cm³/mol. The Balaban J connectivity index is 1.62. The third kappa shape index (κ3) is 3.38. The van der Waals surface area contributed by atoms with Gasteiger partial charge in [-0.15, -0.1) is 0 Å². The number of amides is 2. The molecule has 4 fully saturated rings. The van der Waals surface area contributed by atoms with E-state index in [-0.39, 0.29) is 51.4 Å². The van der Waals surface area contributed by atoms with Gasteiger partial charge in [-0.3, -0.25) is 4.79 Å². The normalized spacial score (nSPS) is 43.9. The van der Waals surface area contributed by atoms with Gasteiger partial charge in [0.1, 0.15) is 5.78 Å². The van der Waals surface area contributed by atoms with Crippen LogP contribution >= 0.6 is 0 Å². The summed E-state index contributed by atoms with van der Waals surface area (Å²) in [5, 5.41) is 6.07. The van der Waals surface area contributed by atoms with E-state index in [1.807, 2.05) is 19.9 Å². The zero-order valence-electron chi connectivity index (χ0n) is 24.6. The smallest absolute Gasteiger partial charge is 0.314 e. The fraction of sp³-hybridized carbons (Fsp3) is 0.750. The highest BCUT2D eigenvalue weighted by atomic mass is 16.2. The van der Waals surface area contributed by atoms with Gasteiger partial charge in [0.2, 0.25) is 5.70 Å². The number of rotatable bonds is 1. The molecule has 5 rings (SSSR count). The topological polar surface area (TPSA) is 79.6 Å². The summed E-state index contributed by atoms with van der Waals surface area (Å²) in [7, 11) is 1.65. The first-order chi connectivity index (χ1) is 17.5. The molecule has 2 N–H and O–H groups in total. The first-order valence-corrected chi connectivity index (χ1v) is 14.4. The molecule has 0 heterocycles. The van der Waals surface area contributed by atoms with E-state index in [1.54, 1.807) is 7.05 Å². The molecule has 2 amide bonds. The summed E-state index contributed by atoms with van der Waals surface area (Å²) in [6.07, 6.45) is 8.59. The molecule has 0 unspecified atom stereocenters. The minimum atomic E-state index is -0.625. The molecule has 206 valence electrons. The van der Waals surface area contributed by atoms with Crippen LogP contribution in [0.15, 0.2) is 11.8 Å². The van der Waals surface area contributed by atoms with Crippen molar-refractivity contribution in [3.05, 3.63) is 35.0 Å². The fourth-order valence-corrected chi connectivity index (χ4v) is 10.0. The average molecular weight is 520 g/mol. The average Bonchev–Trinajstić information content (AvgIpc) is 2.83. The van der Waals surface area contributed by atoms with Crippen LogP contribution in [0.4, 0.5) is 4.79 Å². The van der Waals surface area contributed by atoms with Crippen LogP contribution in [0.25, 0.3) is 4.85 Å². The monoisotopic (exact) mass is 519 g/mol. The standard InChI is InChI=1S/C32H45N3O3/c1-27(2)12-14-32(35-26(38)34-9)15-13-31(7)24(19(32)17-27)21(36)16-23-29(5)18-20(33-8)25(37)28(3,4)22(29)10-11-30(23,31)6/h18,22-23H,10-17H2,1-7,9H3,(H2,34,35,38)/t22-,23+,29-,30+,31+,32-/m0/s1. The van der Waals surface area contributed by atoms with Crippen molar-refractivity contribution in [2.75, 3.05) is 7.05 Å². The number of carbonyl (C=O) groups excluding carboxylic acids is 3. The minimum absolute atomic E-state index is 0.0516. The molecule has 6 heteroatoms. The molecule has 0 aromatic carbocycles. The van der Waals surface area contributed by atoms with Crippen molar-refractivity contribution < 1.29 is 14.4 Å². The minimum Gasteiger partial charge on any atom is -0.341 e. The van der Waals surface area contributed by atoms with Crippen LogP contribution in [-0.4, -0.2) is 30.2 Å². The number of carbonyl (C=O) groups is 3. The largest absolute Gasteiger partial charge is 0.341 e. The second-order valence-electron chi connectivity index (χ2n) is 15.1. The molecule has 0 aliphatic heterocycles. The second kappa shape index (κ2) is 8.18. The number of hydrogen-bond donors (Lipinski definition) is 2. The van der Waals surface area contributed by atoms with Gasteiger partial charge in [0.15, 0.2) is 5.78 Å². The van der Waals surface area contributed by atoms with Gasteiger partial charge in [-0.2, -0.15) is 0 Å². The Hall–Kier alpha value is -2.16. The van der Waals surface area contributed by atoms with Gasteiger partial charge in [0.25, 0.3) is 0 Å². The van der Waals surface area contributed by atoms with Crippen LogP contribution in [0.2, 0.25) is 0 Å². The lowest BCUT2D eigenvalue weighted by atomic mass is 9.32. The van der Waals surface area contributed by atoms with Gasteiger partial charge in [-0.05, 0) is 78.4 Å². The van der Waals surface area contributed by atoms with Gasteiger partial charge < -0.3 is 15.4 Å². The highest BCUT2D eigenvalue weighted by Gasteiger charge is 2.72. The van der Waals surface area contributed by atoms with Crippen LogP contribution in [0.3, 0.4) is 0 Å². The quantitative estimate of drug-likeness (QED) is 0.403. The lowest BCUT2D eigenvalue weighted by Gasteiger charge is -2.71. The lowest BCUT2D eigenvalue weighted by molar-refractivity contribution is -0.173. The number of hydrogen-bond acceptors (Lipinski definition) is 3. The van der Waals surface area contributed by atoms with Gasteiger partial charge in [0.05, 0.1) is 12.5 Å². The number of nitrogens with one attached hydrogen (secondary N) is 2. The van der Waals surface area contributed by atoms with Gasteiger partial charge in [-0.25, -0.2) is 9.64 Å². The molecule has 5 aliphatic carbocycles. The summed E-state index contributed by atoms with van der Waals surface area (Å²) in [6.45, 7) is 23.2. The maximum absolute atomic E-state index is 14.5. The third-order valence-electron chi connectivity index (χ3n) is 12.4. The Morgan fingerprint density at radius 1 is 0.974 bits per heavy atom. The molecule has 38 heavy (non-hydrogen) atoms. The number of allylic oxidation sites excluding steroid dienone is 2. The van der Waals surface area contributed by atoms with E-state index in [0.29, 0.717) is 6.42 Å². The Labute approximate surface area is 229 Å². The van der Waals surface area contributed by atoms with E-state index in [0.717, 1.165) is 50.9 Å². The fourth-order valence-electron chi connectivity index (χ4n) is 10.0. The maximum Gasteiger partial charge on any atom is 0.314 e. The van der Waals surface area contributed by atoms with E-state index in [1.165, 1.54) is 5.92 Å². The zero-order valence-corrected chi connectivity index (χ0v) is 24.6. The summed E-state index contributed by atoms with van der Waals surface area (Å²) < 4.78 is 0. The number of nitrogens with zero attached hydrogens (tertiary/aromatic N) is 1. The number of ketones is 2. The molecule has 2 radical (unpaired) electrons. The van der Waals surface area contributed by atoms with Crippen LogP contribution in [-0.2, 0) is 9.59 Å². The van der Waals surface area contributed by atoms with Crippen molar-refractivity contribution in [2.45, 2.75) is 105 Å². The molecule has 0 aromatic heterocycles. The molecule has 4 saturated carbocycles. The second-order valence-corrected chi connectivity index (χ2v) is 15.1. The molecule has 0 bridgehead atoms. The summed E-state index contributed by atoms with van der Waals surface area (Å²) in [5.41, 5.74) is -1.67. The predicted octanol–water partition coefficient (Wildman–Crippen LogP) is 6.24. The summed E-state index contributed by atoms with van der Waals surface area (Å²) in [5.74, 6) is 2.45. The summed E-state index contributed by atoms with van der Waals surface area (Å²) in [6, 6.07) is -0.183. The highest BCUT2D eigenvalue weighted by Crippen LogP contribution is 2.75. The van der Waals surface area contributed by atoms with E-state index < -0.39 is 16.4 Å². The Bertz CT molecular complexity index is 1160. The summed E-state index contributed by atoms with van der Waals surface area (Å²) >= 11 is 0. The molecular formula is C32H45N3O3. The van der Waals surface area contributed by atoms with Crippen LogP contribution in [0.1, 0.15) is 99.8 Å². The van der Waals surface area contributed by atoms with Crippen LogP contribution in [0.5, 0.6) is 0 Å². The van der Waals surface area contributed by atoms with Crippen LogP contribution in [0, 0.1) is 57.3 Å². The number of fused-ring (bicyclic) bond motifs is 7. The molecule has 6 atom stereocenters. The van der Waals surface area contributed by atoms with Crippen molar-refractivity contribution >= 4 is 17.6 Å². The molecular weight excluding hydrogens is 474 g/mol. The number of Topliss-reactive ketones (excluding diaryl/α,β-unsaturated/α-hetero) is 2. The molecule has 6 nitrogen and oxygen atoms in total. The Kier molecular flexibility index (Phi) is 5.90. The third-order valence-corrected chi connectivity index (χ3v) is 12.4. The maximum atomic E-state index is 14.5. The van der Waals surface area contributed by atoms with E-state index in [4.69, 9.17) is 6.57 Å². The van der Waals surface area contributed by atoms with Gasteiger partial charge in [-0.1, -0.05) is 54.5 Å². The van der Waals surface area contributed by atoms with Crippen molar-refractivity contribution in [1.29, 1.82) is 0 Å². The number of urea groups is 1. The first-order valence-electron chi connectivity index (χ1n) is 14.4.